The molecule has 1 saturated carbocycles. The number of methoxy groups -OCH3 is 1. The van der Waals surface area contributed by atoms with Crippen LogP contribution in [-0.2, 0) is 16.1 Å². The third-order valence-corrected chi connectivity index (χ3v) is 4.55. The van der Waals surface area contributed by atoms with E-state index in [4.69, 9.17) is 4.74 Å². The number of carbonyl (C=O) groups excluding carboxylic acids is 1. The topological polar surface area (TPSA) is 69.4 Å². The third kappa shape index (κ3) is 2.95. The molecule has 0 N–H and O–H groups in total. The molecule has 1 aliphatic carbocycles. The third-order valence-electron chi connectivity index (χ3n) is 4.55. The second kappa shape index (κ2) is 6.24. The van der Waals surface area contributed by atoms with Crippen LogP contribution in [0.15, 0.2) is 4.79 Å². The van der Waals surface area contributed by atoms with Crippen LogP contribution in [0.25, 0.3) is 0 Å². The van der Waals surface area contributed by atoms with Crippen molar-refractivity contribution in [1.29, 1.82) is 0 Å². The lowest BCUT2D eigenvalue weighted by atomic mass is 9.97. The number of likely N-dealkylation sites (tertiary alicyclic amines) is 1. The summed E-state index contributed by atoms with van der Waals surface area (Å²) in [6.45, 7) is 4.04. The Morgan fingerprint density at radius 2 is 2.14 bits per heavy atom. The largest absolute Gasteiger partial charge is 0.383 e. The summed E-state index contributed by atoms with van der Waals surface area (Å²) in [6, 6.07) is 0.298. The molecule has 7 heteroatoms. The highest BCUT2D eigenvalue weighted by Crippen LogP contribution is 2.37. The van der Waals surface area contributed by atoms with E-state index in [1.807, 2.05) is 9.47 Å². The van der Waals surface area contributed by atoms with Crippen LogP contribution in [0.5, 0.6) is 0 Å². The number of piperidine rings is 1. The van der Waals surface area contributed by atoms with Gasteiger partial charge in [-0.25, -0.2) is 9.48 Å². The van der Waals surface area contributed by atoms with Crippen molar-refractivity contribution in [2.45, 2.75) is 51.1 Å². The SMILES string of the molecule is COCCn1nc(C2CCCN(C(C)=O)C2)n(C2CC2)c1=O. The molecule has 1 aliphatic heterocycles. The minimum atomic E-state index is -0.0329. The zero-order chi connectivity index (χ0) is 15.7. The Balaban J connectivity index is 1.88. The van der Waals surface area contributed by atoms with E-state index in [0.717, 1.165) is 38.1 Å². The smallest absolute Gasteiger partial charge is 0.346 e. The van der Waals surface area contributed by atoms with E-state index >= 15 is 0 Å². The molecule has 1 aromatic heterocycles. The minimum absolute atomic E-state index is 0.0329. The monoisotopic (exact) mass is 308 g/mol. The number of nitrogens with zero attached hydrogens (tertiary/aromatic N) is 4. The van der Waals surface area contributed by atoms with E-state index in [9.17, 15) is 9.59 Å². The molecule has 22 heavy (non-hydrogen) atoms. The Labute approximate surface area is 129 Å². The van der Waals surface area contributed by atoms with Crippen molar-refractivity contribution in [3.63, 3.8) is 0 Å². The van der Waals surface area contributed by atoms with Crippen molar-refractivity contribution < 1.29 is 9.53 Å². The summed E-state index contributed by atoms with van der Waals surface area (Å²) in [7, 11) is 1.62. The normalized spacial score (nSPS) is 22.1. The van der Waals surface area contributed by atoms with Crippen LogP contribution in [-0.4, -0.2) is 52.0 Å². The van der Waals surface area contributed by atoms with E-state index in [1.165, 1.54) is 4.68 Å². The van der Waals surface area contributed by atoms with Crippen LogP contribution in [0, 0.1) is 0 Å². The molecule has 122 valence electrons. The molecule has 1 unspecified atom stereocenters. The van der Waals surface area contributed by atoms with Gasteiger partial charge in [0.2, 0.25) is 5.91 Å². The van der Waals surface area contributed by atoms with E-state index in [0.29, 0.717) is 25.7 Å². The number of hydrogen-bond acceptors (Lipinski definition) is 4. The quantitative estimate of drug-likeness (QED) is 0.805. The molecule has 2 fully saturated rings. The summed E-state index contributed by atoms with van der Waals surface area (Å²) in [5, 5.41) is 4.58. The average Bonchev–Trinajstić information content (AvgIpc) is 3.29. The van der Waals surface area contributed by atoms with Gasteiger partial charge in [-0.05, 0) is 25.7 Å². The number of amides is 1. The lowest BCUT2D eigenvalue weighted by Crippen LogP contribution is -2.38. The van der Waals surface area contributed by atoms with Gasteiger partial charge in [0.25, 0.3) is 0 Å². The van der Waals surface area contributed by atoms with Gasteiger partial charge in [-0.15, -0.1) is 0 Å². The first-order chi connectivity index (χ1) is 10.6. The second-order valence-electron chi connectivity index (χ2n) is 6.26. The number of aromatic nitrogens is 3. The van der Waals surface area contributed by atoms with Gasteiger partial charge in [0.05, 0.1) is 13.2 Å². The minimum Gasteiger partial charge on any atom is -0.383 e. The summed E-state index contributed by atoms with van der Waals surface area (Å²) in [5.41, 5.74) is -0.0329. The van der Waals surface area contributed by atoms with Gasteiger partial charge in [0, 0.05) is 39.1 Å². The molecule has 0 bridgehead atoms. The second-order valence-corrected chi connectivity index (χ2v) is 6.26. The van der Waals surface area contributed by atoms with Crippen LogP contribution in [0.3, 0.4) is 0 Å². The molecule has 0 spiro atoms. The molecule has 7 nitrogen and oxygen atoms in total. The Morgan fingerprint density at radius 1 is 1.36 bits per heavy atom. The Bertz CT molecular complexity index is 602. The highest BCUT2D eigenvalue weighted by molar-refractivity contribution is 5.73. The highest BCUT2D eigenvalue weighted by Gasteiger charge is 2.34. The highest BCUT2D eigenvalue weighted by atomic mass is 16.5. The number of carbonyl (C=O) groups is 1. The molecule has 1 aromatic rings. The fourth-order valence-corrected chi connectivity index (χ4v) is 3.19. The molecule has 1 atom stereocenters. The molecule has 2 aliphatic rings. The van der Waals surface area contributed by atoms with E-state index in [2.05, 4.69) is 5.10 Å². The van der Waals surface area contributed by atoms with E-state index in [-0.39, 0.29) is 17.5 Å². The number of ether oxygens (including phenoxy) is 1. The van der Waals surface area contributed by atoms with Gasteiger partial charge >= 0.3 is 5.69 Å². The van der Waals surface area contributed by atoms with E-state index in [1.54, 1.807) is 14.0 Å². The zero-order valence-corrected chi connectivity index (χ0v) is 13.3. The molecular formula is C15H24N4O3. The van der Waals surface area contributed by atoms with Crippen LogP contribution in [0.2, 0.25) is 0 Å². The maximum Gasteiger partial charge on any atom is 0.346 e. The maximum atomic E-state index is 12.6. The molecule has 0 radical (unpaired) electrons. The molecule has 1 amide bonds. The van der Waals surface area contributed by atoms with Gasteiger partial charge < -0.3 is 9.64 Å². The van der Waals surface area contributed by atoms with Crippen molar-refractivity contribution in [2.75, 3.05) is 26.8 Å². The Hall–Kier alpha value is -1.63. The molecule has 3 rings (SSSR count). The molecule has 0 aromatic carbocycles. The van der Waals surface area contributed by atoms with Crippen molar-refractivity contribution in [3.05, 3.63) is 16.3 Å². The standard InChI is InChI=1S/C15H24N4O3/c1-11(20)17-7-3-4-12(10-17)14-16-18(8-9-22-2)15(21)19(14)13-5-6-13/h12-13H,3-10H2,1-2H3. The van der Waals surface area contributed by atoms with Gasteiger partial charge in [-0.1, -0.05) is 0 Å². The van der Waals surface area contributed by atoms with Crippen molar-refractivity contribution >= 4 is 5.91 Å². The van der Waals surface area contributed by atoms with Crippen molar-refractivity contribution in [2.24, 2.45) is 0 Å². The molecule has 1 saturated heterocycles. The summed E-state index contributed by atoms with van der Waals surface area (Å²) in [5.74, 6) is 1.12. The first kappa shape index (κ1) is 15.3. The zero-order valence-electron chi connectivity index (χ0n) is 13.3. The van der Waals surface area contributed by atoms with Gasteiger partial charge in [-0.2, -0.15) is 5.10 Å². The summed E-state index contributed by atoms with van der Waals surface area (Å²) < 4.78 is 8.44. The lowest BCUT2D eigenvalue weighted by Gasteiger charge is -2.31. The van der Waals surface area contributed by atoms with Crippen LogP contribution < -0.4 is 5.69 Å². The Kier molecular flexibility index (Phi) is 4.33. The summed E-state index contributed by atoms with van der Waals surface area (Å²) in [6.07, 6.45) is 4.04. The fourth-order valence-electron chi connectivity index (χ4n) is 3.19. The first-order valence-corrected chi connectivity index (χ1v) is 8.05. The predicted molar refractivity (Wildman–Crippen MR) is 80.9 cm³/mol. The fraction of sp³-hybridized carbons (Fsp3) is 0.800. The van der Waals surface area contributed by atoms with Crippen LogP contribution in [0.1, 0.15) is 50.4 Å². The van der Waals surface area contributed by atoms with Gasteiger partial charge in [0.15, 0.2) is 0 Å². The van der Waals surface area contributed by atoms with E-state index < -0.39 is 0 Å². The van der Waals surface area contributed by atoms with Crippen LogP contribution in [0.4, 0.5) is 0 Å². The molecule has 2 heterocycles. The molecular weight excluding hydrogens is 284 g/mol. The predicted octanol–water partition coefficient (Wildman–Crippen LogP) is 0.752. The van der Waals surface area contributed by atoms with Crippen molar-refractivity contribution in [3.8, 4) is 0 Å². The van der Waals surface area contributed by atoms with Crippen LogP contribution >= 0.6 is 0 Å². The van der Waals surface area contributed by atoms with Gasteiger partial charge in [-0.3, -0.25) is 9.36 Å². The number of rotatable bonds is 5. The average molecular weight is 308 g/mol. The lowest BCUT2D eigenvalue weighted by molar-refractivity contribution is -0.130. The Morgan fingerprint density at radius 3 is 2.77 bits per heavy atom. The summed E-state index contributed by atoms with van der Waals surface area (Å²) in [4.78, 5) is 26.1. The van der Waals surface area contributed by atoms with Gasteiger partial charge in [0.1, 0.15) is 5.82 Å². The van der Waals surface area contributed by atoms with Crippen molar-refractivity contribution in [1.82, 2.24) is 19.2 Å². The number of hydrogen-bond donors (Lipinski definition) is 0. The maximum absolute atomic E-state index is 12.6. The summed E-state index contributed by atoms with van der Waals surface area (Å²) >= 11 is 0. The first-order valence-electron chi connectivity index (χ1n) is 8.05.